The predicted molar refractivity (Wildman–Crippen MR) is 77.4 cm³/mol. The SMILES string of the molecule is Cc1ccccc1C(C)NCc1ccc([N+](=O)[O-])s1. The van der Waals surface area contributed by atoms with Crippen LogP contribution in [0.2, 0.25) is 0 Å². The molecule has 4 nitrogen and oxygen atoms in total. The van der Waals surface area contributed by atoms with Crippen LogP contribution in [0.25, 0.3) is 0 Å². The van der Waals surface area contributed by atoms with E-state index in [4.69, 9.17) is 0 Å². The predicted octanol–water partition coefficient (Wildman–Crippen LogP) is 3.82. The maximum Gasteiger partial charge on any atom is 0.324 e. The van der Waals surface area contributed by atoms with Crippen LogP contribution >= 0.6 is 11.3 Å². The van der Waals surface area contributed by atoms with Crippen LogP contribution < -0.4 is 5.32 Å². The number of benzene rings is 1. The average molecular weight is 276 g/mol. The standard InChI is InChI=1S/C14H16N2O2S/c1-10-5-3-4-6-13(10)11(2)15-9-12-7-8-14(19-12)16(17)18/h3-8,11,15H,9H2,1-2H3. The minimum atomic E-state index is -0.348. The van der Waals surface area contributed by atoms with Crippen LogP contribution in [0.4, 0.5) is 5.00 Å². The van der Waals surface area contributed by atoms with Gasteiger partial charge in [0, 0.05) is 23.5 Å². The van der Waals surface area contributed by atoms with Crippen LogP contribution in [0.1, 0.15) is 29.0 Å². The van der Waals surface area contributed by atoms with Crippen molar-refractivity contribution in [3.8, 4) is 0 Å². The maximum atomic E-state index is 10.6. The Kier molecular flexibility index (Phi) is 4.29. The molecule has 0 aliphatic heterocycles. The molecule has 2 rings (SSSR count). The Balaban J connectivity index is 1.98. The van der Waals surface area contributed by atoms with Crippen molar-refractivity contribution in [3.05, 3.63) is 62.5 Å². The van der Waals surface area contributed by atoms with Crippen molar-refractivity contribution in [2.75, 3.05) is 0 Å². The monoisotopic (exact) mass is 276 g/mol. The topological polar surface area (TPSA) is 55.2 Å². The van der Waals surface area contributed by atoms with E-state index in [1.165, 1.54) is 22.5 Å². The number of nitrogens with zero attached hydrogens (tertiary/aromatic N) is 1. The van der Waals surface area contributed by atoms with E-state index >= 15 is 0 Å². The molecule has 1 N–H and O–H groups in total. The van der Waals surface area contributed by atoms with E-state index in [1.54, 1.807) is 12.1 Å². The third-order valence-corrected chi connectivity index (χ3v) is 4.10. The second-order valence-corrected chi connectivity index (χ2v) is 5.60. The summed E-state index contributed by atoms with van der Waals surface area (Å²) in [4.78, 5) is 11.2. The maximum absolute atomic E-state index is 10.6. The van der Waals surface area contributed by atoms with Crippen molar-refractivity contribution in [1.82, 2.24) is 5.32 Å². The van der Waals surface area contributed by atoms with Gasteiger partial charge in [0.05, 0.1) is 4.92 Å². The van der Waals surface area contributed by atoms with Gasteiger partial charge in [-0.05, 0) is 31.0 Å². The number of nitro groups is 1. The molecule has 0 bridgehead atoms. The summed E-state index contributed by atoms with van der Waals surface area (Å²) in [6, 6.07) is 11.8. The van der Waals surface area contributed by atoms with Gasteiger partial charge in [0.1, 0.15) is 0 Å². The van der Waals surface area contributed by atoms with Crippen LogP contribution in [0.3, 0.4) is 0 Å². The highest BCUT2D eigenvalue weighted by Gasteiger charge is 2.11. The third-order valence-electron chi connectivity index (χ3n) is 3.06. The largest absolute Gasteiger partial charge is 0.324 e. The molecule has 100 valence electrons. The summed E-state index contributed by atoms with van der Waals surface area (Å²) in [7, 11) is 0. The first-order valence-corrected chi connectivity index (χ1v) is 6.91. The lowest BCUT2D eigenvalue weighted by atomic mass is 10.0. The van der Waals surface area contributed by atoms with E-state index in [0.717, 1.165) is 4.88 Å². The Morgan fingerprint density at radius 2 is 2.05 bits per heavy atom. The van der Waals surface area contributed by atoms with Crippen molar-refractivity contribution in [1.29, 1.82) is 0 Å². The Morgan fingerprint density at radius 3 is 2.68 bits per heavy atom. The molecule has 0 fully saturated rings. The van der Waals surface area contributed by atoms with Gasteiger partial charge < -0.3 is 5.32 Å². The number of hydrogen-bond acceptors (Lipinski definition) is 4. The first-order chi connectivity index (χ1) is 9.08. The quantitative estimate of drug-likeness (QED) is 0.667. The average Bonchev–Trinajstić information content (AvgIpc) is 2.85. The molecule has 19 heavy (non-hydrogen) atoms. The Hall–Kier alpha value is -1.72. The molecule has 0 aliphatic rings. The van der Waals surface area contributed by atoms with Crippen LogP contribution in [0, 0.1) is 17.0 Å². The molecule has 2 aromatic rings. The van der Waals surface area contributed by atoms with Gasteiger partial charge in [0.25, 0.3) is 0 Å². The molecule has 0 saturated carbocycles. The molecular weight excluding hydrogens is 260 g/mol. The lowest BCUT2D eigenvalue weighted by molar-refractivity contribution is -0.380. The molecule has 5 heteroatoms. The minimum Gasteiger partial charge on any atom is -0.305 e. The number of thiophene rings is 1. The zero-order valence-corrected chi connectivity index (χ0v) is 11.7. The summed E-state index contributed by atoms with van der Waals surface area (Å²) in [5, 5.41) is 14.2. The Labute approximate surface area is 116 Å². The Bertz CT molecular complexity index is 580. The van der Waals surface area contributed by atoms with Gasteiger partial charge in [-0.3, -0.25) is 10.1 Å². The van der Waals surface area contributed by atoms with Gasteiger partial charge in [-0.25, -0.2) is 0 Å². The van der Waals surface area contributed by atoms with Gasteiger partial charge in [-0.2, -0.15) is 0 Å². The fourth-order valence-electron chi connectivity index (χ4n) is 2.00. The van der Waals surface area contributed by atoms with Crippen molar-refractivity contribution in [3.63, 3.8) is 0 Å². The highest BCUT2D eigenvalue weighted by molar-refractivity contribution is 7.15. The lowest BCUT2D eigenvalue weighted by Crippen LogP contribution is -2.18. The molecule has 1 atom stereocenters. The molecule has 1 heterocycles. The molecule has 0 amide bonds. The van der Waals surface area contributed by atoms with Crippen molar-refractivity contribution in [2.45, 2.75) is 26.4 Å². The second-order valence-electron chi connectivity index (χ2n) is 4.46. The van der Waals surface area contributed by atoms with E-state index < -0.39 is 0 Å². The lowest BCUT2D eigenvalue weighted by Gasteiger charge is -2.15. The molecule has 1 aromatic carbocycles. The summed E-state index contributed by atoms with van der Waals surface area (Å²) >= 11 is 1.22. The molecule has 0 saturated heterocycles. The van der Waals surface area contributed by atoms with E-state index in [-0.39, 0.29) is 16.0 Å². The fourth-order valence-corrected chi connectivity index (χ4v) is 2.77. The molecule has 0 spiro atoms. The highest BCUT2D eigenvalue weighted by atomic mass is 32.1. The van der Waals surface area contributed by atoms with Gasteiger partial charge in [-0.1, -0.05) is 35.6 Å². The zero-order valence-electron chi connectivity index (χ0n) is 10.9. The number of nitrogens with one attached hydrogen (secondary N) is 1. The Morgan fingerprint density at radius 1 is 1.32 bits per heavy atom. The summed E-state index contributed by atoms with van der Waals surface area (Å²) in [6.45, 7) is 4.84. The molecular formula is C14H16N2O2S. The van der Waals surface area contributed by atoms with E-state index in [2.05, 4.69) is 31.3 Å². The van der Waals surface area contributed by atoms with Gasteiger partial charge >= 0.3 is 5.00 Å². The summed E-state index contributed by atoms with van der Waals surface area (Å²) in [5.41, 5.74) is 2.51. The van der Waals surface area contributed by atoms with Crippen molar-refractivity contribution in [2.24, 2.45) is 0 Å². The van der Waals surface area contributed by atoms with E-state index in [0.29, 0.717) is 6.54 Å². The highest BCUT2D eigenvalue weighted by Crippen LogP contribution is 2.24. The molecule has 1 aromatic heterocycles. The van der Waals surface area contributed by atoms with Gasteiger partial charge in [0.2, 0.25) is 0 Å². The summed E-state index contributed by atoms with van der Waals surface area (Å²) in [5.74, 6) is 0. The zero-order chi connectivity index (χ0) is 13.8. The van der Waals surface area contributed by atoms with E-state index in [1.807, 2.05) is 12.1 Å². The minimum absolute atomic E-state index is 0.195. The fraction of sp³-hybridized carbons (Fsp3) is 0.286. The smallest absolute Gasteiger partial charge is 0.305 e. The van der Waals surface area contributed by atoms with Crippen molar-refractivity contribution >= 4 is 16.3 Å². The van der Waals surface area contributed by atoms with E-state index in [9.17, 15) is 10.1 Å². The normalized spacial score (nSPS) is 12.3. The van der Waals surface area contributed by atoms with Gasteiger partial charge in [0.15, 0.2) is 0 Å². The first-order valence-electron chi connectivity index (χ1n) is 6.10. The van der Waals surface area contributed by atoms with Crippen LogP contribution in [-0.2, 0) is 6.54 Å². The molecule has 1 unspecified atom stereocenters. The number of hydrogen-bond donors (Lipinski definition) is 1. The van der Waals surface area contributed by atoms with Crippen molar-refractivity contribution < 1.29 is 4.92 Å². The third kappa shape index (κ3) is 3.39. The number of aryl methyl sites for hydroxylation is 1. The first kappa shape index (κ1) is 13.7. The van der Waals surface area contributed by atoms with Crippen LogP contribution in [0.15, 0.2) is 36.4 Å². The van der Waals surface area contributed by atoms with Crippen LogP contribution in [0.5, 0.6) is 0 Å². The summed E-state index contributed by atoms with van der Waals surface area (Å²) < 4.78 is 0. The van der Waals surface area contributed by atoms with Crippen LogP contribution in [-0.4, -0.2) is 4.92 Å². The second kappa shape index (κ2) is 5.95. The summed E-state index contributed by atoms with van der Waals surface area (Å²) in [6.07, 6.45) is 0. The molecule has 0 aliphatic carbocycles. The molecule has 0 radical (unpaired) electrons. The van der Waals surface area contributed by atoms with Gasteiger partial charge in [-0.15, -0.1) is 0 Å². The number of rotatable bonds is 5.